The van der Waals surface area contributed by atoms with Crippen molar-refractivity contribution in [2.24, 2.45) is 0 Å². The van der Waals surface area contributed by atoms with Gasteiger partial charge in [-0.25, -0.2) is 19.9 Å². The number of ether oxygens (including phenoxy) is 6. The molecule has 0 unspecified atom stereocenters. The fourth-order valence-electron chi connectivity index (χ4n) is 7.38. The molecule has 400 valence electrons. The standard InChI is InChI=1S/C64H64N4O10/c1-10-16-28-73-53-34-45(15-6)65-47(36-53)22-23-49-38-55(75-30-18-12-3)40-51(67-49)26-27-52-41-56(76-31-19-13-4)39-50(68-52)25-24-48-37-54(74-29-17-11-2)35-46(66-48)21-20-44-32-43(14-5)33-57(64(7,8)9)62(44)78-63-61(72)60(71)59(70)58(42-69)77-63/h6,10-13,32-41,58-61,63,69-72H,1-4,14,16-19,28-31,42H2,5,7-9H3/t58-,59-,60+,61-,63+/m1/s1. The quantitative estimate of drug-likeness (QED) is 0.0337. The first-order valence-corrected chi connectivity index (χ1v) is 25.4. The predicted molar refractivity (Wildman–Crippen MR) is 299 cm³/mol. The Bertz CT molecular complexity index is 3270. The summed E-state index contributed by atoms with van der Waals surface area (Å²) in [4.78, 5) is 18.7. The summed E-state index contributed by atoms with van der Waals surface area (Å²) >= 11 is 0. The summed E-state index contributed by atoms with van der Waals surface area (Å²) in [6.07, 6.45) is 8.39. The van der Waals surface area contributed by atoms with Gasteiger partial charge in [0.05, 0.1) is 38.6 Å². The van der Waals surface area contributed by atoms with Crippen LogP contribution in [-0.2, 0) is 16.6 Å². The number of pyridine rings is 4. The lowest BCUT2D eigenvalue weighted by molar-refractivity contribution is -0.277. The van der Waals surface area contributed by atoms with E-state index in [1.807, 2.05) is 39.8 Å². The van der Waals surface area contributed by atoms with Crippen molar-refractivity contribution < 1.29 is 48.8 Å². The van der Waals surface area contributed by atoms with Crippen LogP contribution in [0.15, 0.2) is 111 Å². The second-order valence-corrected chi connectivity index (χ2v) is 18.6. The van der Waals surface area contributed by atoms with Crippen LogP contribution < -0.4 is 23.7 Å². The van der Waals surface area contributed by atoms with Crippen LogP contribution in [0.25, 0.3) is 0 Å². The summed E-state index contributed by atoms with van der Waals surface area (Å²) in [5, 5.41) is 42.0. The zero-order valence-electron chi connectivity index (χ0n) is 44.5. The van der Waals surface area contributed by atoms with E-state index in [1.165, 1.54) is 0 Å². The van der Waals surface area contributed by atoms with E-state index in [9.17, 15) is 20.4 Å². The summed E-state index contributed by atoms with van der Waals surface area (Å²) in [5.41, 5.74) is 4.50. The van der Waals surface area contributed by atoms with Crippen molar-refractivity contribution in [2.75, 3.05) is 33.0 Å². The van der Waals surface area contributed by atoms with E-state index < -0.39 is 42.7 Å². The van der Waals surface area contributed by atoms with Crippen LogP contribution in [-0.4, -0.2) is 104 Å². The van der Waals surface area contributed by atoms with E-state index in [0.717, 1.165) is 11.1 Å². The third-order valence-corrected chi connectivity index (χ3v) is 11.4. The van der Waals surface area contributed by atoms with E-state index >= 15 is 0 Å². The predicted octanol–water partition coefficient (Wildman–Crippen LogP) is 7.71. The largest absolute Gasteiger partial charge is 0.493 e. The first-order valence-electron chi connectivity index (χ1n) is 25.4. The van der Waals surface area contributed by atoms with Crippen molar-refractivity contribution >= 4 is 0 Å². The van der Waals surface area contributed by atoms with Gasteiger partial charge >= 0.3 is 0 Å². The molecule has 1 aliphatic heterocycles. The van der Waals surface area contributed by atoms with Gasteiger partial charge in [0, 0.05) is 54.1 Å². The lowest BCUT2D eigenvalue weighted by atomic mass is 9.83. The van der Waals surface area contributed by atoms with Gasteiger partial charge in [0.1, 0.15) is 98.7 Å². The molecular weight excluding hydrogens is 985 g/mol. The minimum absolute atomic E-state index is 0.296. The van der Waals surface area contributed by atoms with Crippen molar-refractivity contribution in [3.05, 3.63) is 174 Å². The fraction of sp³-hybridized carbons (Fsp3) is 0.312. The Hall–Kier alpha value is -8.62. The zero-order valence-corrected chi connectivity index (χ0v) is 44.5. The molecule has 0 bridgehead atoms. The topological polar surface area (TPSA) is 188 Å². The van der Waals surface area contributed by atoms with Crippen LogP contribution in [0.1, 0.15) is 116 Å². The maximum atomic E-state index is 11.0. The second kappa shape index (κ2) is 29.0. The van der Waals surface area contributed by atoms with Gasteiger partial charge in [0.15, 0.2) is 0 Å². The monoisotopic (exact) mass is 1050 g/mol. The Morgan fingerprint density at radius 3 is 1.23 bits per heavy atom. The molecule has 78 heavy (non-hydrogen) atoms. The molecule has 14 nitrogen and oxygen atoms in total. The third kappa shape index (κ3) is 17.2. The zero-order chi connectivity index (χ0) is 56.0. The number of rotatable bonds is 20. The molecule has 0 aliphatic carbocycles. The number of hydrogen-bond donors (Lipinski definition) is 4. The van der Waals surface area contributed by atoms with E-state index in [0.29, 0.717) is 138 Å². The molecular formula is C64H64N4O10. The van der Waals surface area contributed by atoms with Crippen molar-refractivity contribution in [3.8, 4) is 88.5 Å². The Morgan fingerprint density at radius 2 is 0.897 bits per heavy atom. The number of hydrogen-bond acceptors (Lipinski definition) is 14. The summed E-state index contributed by atoms with van der Waals surface area (Å²) in [6, 6.07) is 17.5. The van der Waals surface area contributed by atoms with Gasteiger partial charge in [0.2, 0.25) is 6.29 Å². The van der Waals surface area contributed by atoms with Gasteiger partial charge in [-0.05, 0) is 90.6 Å². The Labute approximate surface area is 457 Å². The van der Waals surface area contributed by atoms with Gasteiger partial charge in [-0.15, -0.1) is 32.7 Å². The lowest BCUT2D eigenvalue weighted by Gasteiger charge is -2.40. The maximum absolute atomic E-state index is 11.0. The highest BCUT2D eigenvalue weighted by atomic mass is 16.7. The average molecular weight is 1050 g/mol. The highest BCUT2D eigenvalue weighted by molar-refractivity contribution is 5.58. The number of terminal acetylenes is 1. The molecule has 1 aliphatic rings. The number of nitrogens with zero attached hydrogens (tertiary/aromatic N) is 4. The van der Waals surface area contributed by atoms with E-state index in [1.54, 1.807) is 72.8 Å². The smallest absolute Gasteiger partial charge is 0.229 e. The molecule has 0 amide bonds. The SMILES string of the molecule is C#Cc1cc(OCCC=C)cc(C#Cc2cc(OCCC=C)cc(C#Cc3cc(OCCC=C)cc(C#Cc4cc(OCCC=C)cc(C#Cc5cc(CC)cc(C(C)(C)C)c5O[C@@H]5O[C@H](CO)[C@@H](O)[C@H](O)[C@H]5O)n4)n3)n2)n1. The minimum atomic E-state index is -1.64. The summed E-state index contributed by atoms with van der Waals surface area (Å²) in [7, 11) is 0. The number of benzene rings is 1. The molecule has 5 atom stereocenters. The molecule has 1 aromatic carbocycles. The Balaban J connectivity index is 1.39. The van der Waals surface area contributed by atoms with Crippen LogP contribution in [0.4, 0.5) is 0 Å². The number of aryl methyl sites for hydroxylation is 1. The number of aliphatic hydroxyl groups is 4. The molecule has 0 saturated carbocycles. The van der Waals surface area contributed by atoms with E-state index in [4.69, 9.17) is 49.8 Å². The average Bonchev–Trinajstić information content (AvgIpc) is 3.48. The van der Waals surface area contributed by atoms with Gasteiger partial charge < -0.3 is 48.8 Å². The molecule has 6 rings (SSSR count). The summed E-state index contributed by atoms with van der Waals surface area (Å²) in [6.45, 7) is 24.1. The molecule has 5 aromatic rings. The highest BCUT2D eigenvalue weighted by Crippen LogP contribution is 2.38. The van der Waals surface area contributed by atoms with Crippen molar-refractivity contribution in [1.29, 1.82) is 0 Å². The van der Waals surface area contributed by atoms with Gasteiger partial charge in [-0.1, -0.05) is 69.9 Å². The lowest BCUT2D eigenvalue weighted by Crippen LogP contribution is -2.60. The second-order valence-electron chi connectivity index (χ2n) is 18.6. The summed E-state index contributed by atoms with van der Waals surface area (Å²) < 4.78 is 36.2. The normalized spacial score (nSPS) is 16.3. The molecule has 1 fully saturated rings. The van der Waals surface area contributed by atoms with Crippen LogP contribution in [0.3, 0.4) is 0 Å². The number of aliphatic hydroxyl groups excluding tert-OH is 4. The first-order chi connectivity index (χ1) is 37.7. The van der Waals surface area contributed by atoms with Crippen molar-refractivity contribution in [2.45, 2.75) is 95.9 Å². The number of aromatic nitrogens is 4. The Morgan fingerprint density at radius 1 is 0.538 bits per heavy atom. The van der Waals surface area contributed by atoms with Crippen LogP contribution in [0.5, 0.6) is 28.7 Å². The molecule has 1 saturated heterocycles. The molecule has 0 spiro atoms. The van der Waals surface area contributed by atoms with E-state index in [-0.39, 0.29) is 0 Å². The van der Waals surface area contributed by atoms with Crippen LogP contribution in [0, 0.1) is 59.7 Å². The first kappa shape index (κ1) is 58.6. The molecule has 4 aromatic heterocycles. The highest BCUT2D eigenvalue weighted by Gasteiger charge is 2.45. The maximum Gasteiger partial charge on any atom is 0.229 e. The molecule has 4 N–H and O–H groups in total. The Kier molecular flexibility index (Phi) is 21.8. The van der Waals surface area contributed by atoms with Gasteiger partial charge in [-0.3, -0.25) is 0 Å². The minimum Gasteiger partial charge on any atom is -0.493 e. The third-order valence-electron chi connectivity index (χ3n) is 11.4. The molecule has 0 radical (unpaired) electrons. The fourth-order valence-corrected chi connectivity index (χ4v) is 7.38. The van der Waals surface area contributed by atoms with E-state index in [2.05, 4.69) is 84.6 Å². The van der Waals surface area contributed by atoms with Gasteiger partial charge in [-0.2, -0.15) is 0 Å². The van der Waals surface area contributed by atoms with Crippen LogP contribution >= 0.6 is 0 Å². The molecule has 14 heteroatoms. The van der Waals surface area contributed by atoms with Crippen molar-refractivity contribution in [1.82, 2.24) is 19.9 Å². The van der Waals surface area contributed by atoms with Crippen molar-refractivity contribution in [3.63, 3.8) is 0 Å². The van der Waals surface area contributed by atoms with Crippen LogP contribution in [0.2, 0.25) is 0 Å². The van der Waals surface area contributed by atoms with Gasteiger partial charge in [0.25, 0.3) is 0 Å². The summed E-state index contributed by atoms with van der Waals surface area (Å²) in [5.74, 6) is 29.8. The molecule has 5 heterocycles.